The van der Waals surface area contributed by atoms with Gasteiger partial charge < -0.3 is 11.1 Å². The van der Waals surface area contributed by atoms with Crippen LogP contribution in [0.3, 0.4) is 0 Å². The van der Waals surface area contributed by atoms with Crippen molar-refractivity contribution in [3.05, 3.63) is 23.8 Å². The molecule has 15 heavy (non-hydrogen) atoms. The maximum absolute atomic E-state index is 12.0. The second-order valence-corrected chi connectivity index (χ2v) is 4.21. The molecule has 1 amide bonds. The topological polar surface area (TPSA) is 72.2 Å². The molecule has 1 aromatic rings. The van der Waals surface area contributed by atoms with Gasteiger partial charge in [-0.15, -0.1) is 0 Å². The van der Waals surface area contributed by atoms with Crippen LogP contribution in [0.2, 0.25) is 0 Å². The Kier molecular flexibility index (Phi) is 1.83. The van der Waals surface area contributed by atoms with Crippen LogP contribution in [0, 0.1) is 5.41 Å². The number of anilines is 2. The molecule has 1 aliphatic heterocycles. The monoisotopic (exact) mass is 204 g/mol. The minimum absolute atomic E-state index is 0.187. The SMILES string of the molecule is CC1(C)C(=O)Nc2ccc(N)cc2C1=O. The largest absolute Gasteiger partial charge is 0.399 e. The molecule has 0 saturated heterocycles. The van der Waals surface area contributed by atoms with E-state index < -0.39 is 5.41 Å². The Morgan fingerprint density at radius 1 is 1.27 bits per heavy atom. The van der Waals surface area contributed by atoms with E-state index in [1.807, 2.05) is 0 Å². The molecule has 0 aromatic heterocycles. The number of hydrogen-bond acceptors (Lipinski definition) is 3. The lowest BCUT2D eigenvalue weighted by atomic mass is 9.80. The number of hydrogen-bond donors (Lipinski definition) is 2. The second-order valence-electron chi connectivity index (χ2n) is 4.21. The van der Waals surface area contributed by atoms with Crippen molar-refractivity contribution in [2.45, 2.75) is 13.8 Å². The first kappa shape index (κ1) is 9.71. The molecule has 78 valence electrons. The number of rotatable bonds is 0. The molecule has 0 fully saturated rings. The van der Waals surface area contributed by atoms with E-state index >= 15 is 0 Å². The highest BCUT2D eigenvalue weighted by Crippen LogP contribution is 2.33. The van der Waals surface area contributed by atoms with Crippen LogP contribution in [0.1, 0.15) is 24.2 Å². The Hall–Kier alpha value is -1.84. The van der Waals surface area contributed by atoms with E-state index in [-0.39, 0.29) is 11.7 Å². The maximum atomic E-state index is 12.0. The number of Topliss-reactive ketones (excluding diaryl/α,β-unsaturated/α-hetero) is 1. The summed E-state index contributed by atoms with van der Waals surface area (Å²) in [5.41, 5.74) is 6.14. The number of carbonyl (C=O) groups is 2. The molecule has 0 aliphatic carbocycles. The molecule has 0 radical (unpaired) electrons. The summed E-state index contributed by atoms with van der Waals surface area (Å²) in [5, 5.41) is 2.69. The minimum atomic E-state index is -1.01. The molecule has 1 aliphatic rings. The van der Waals surface area contributed by atoms with E-state index in [1.54, 1.807) is 32.0 Å². The summed E-state index contributed by atoms with van der Waals surface area (Å²) < 4.78 is 0. The van der Waals surface area contributed by atoms with Crippen molar-refractivity contribution < 1.29 is 9.59 Å². The lowest BCUT2D eigenvalue weighted by Gasteiger charge is -2.28. The molecule has 0 bridgehead atoms. The molecule has 1 aromatic carbocycles. The van der Waals surface area contributed by atoms with Gasteiger partial charge >= 0.3 is 0 Å². The number of nitrogens with one attached hydrogen (secondary N) is 1. The Morgan fingerprint density at radius 3 is 2.60 bits per heavy atom. The molecule has 1 heterocycles. The fraction of sp³-hybridized carbons (Fsp3) is 0.273. The highest BCUT2D eigenvalue weighted by molar-refractivity contribution is 6.23. The van der Waals surface area contributed by atoms with Gasteiger partial charge in [-0.05, 0) is 32.0 Å². The van der Waals surface area contributed by atoms with Gasteiger partial charge in [0, 0.05) is 11.3 Å². The van der Waals surface area contributed by atoms with Gasteiger partial charge in [-0.1, -0.05) is 0 Å². The normalized spacial score (nSPS) is 18.3. The summed E-state index contributed by atoms with van der Waals surface area (Å²) in [6.07, 6.45) is 0. The quantitative estimate of drug-likeness (QED) is 0.496. The zero-order valence-corrected chi connectivity index (χ0v) is 8.63. The third-order valence-electron chi connectivity index (χ3n) is 2.67. The molecule has 4 heteroatoms. The molecular weight excluding hydrogens is 192 g/mol. The molecule has 0 spiro atoms. The number of ketones is 1. The lowest BCUT2D eigenvalue weighted by molar-refractivity contribution is -0.122. The summed E-state index contributed by atoms with van der Waals surface area (Å²) in [6.45, 7) is 3.22. The van der Waals surface area contributed by atoms with Gasteiger partial charge in [0.25, 0.3) is 0 Å². The van der Waals surface area contributed by atoms with Crippen LogP contribution in [0.15, 0.2) is 18.2 Å². The lowest BCUT2D eigenvalue weighted by Crippen LogP contribution is -2.42. The Bertz CT molecular complexity index is 464. The van der Waals surface area contributed by atoms with Gasteiger partial charge in [-0.3, -0.25) is 9.59 Å². The van der Waals surface area contributed by atoms with Crippen molar-refractivity contribution in [1.82, 2.24) is 0 Å². The molecule has 0 atom stereocenters. The van der Waals surface area contributed by atoms with Crippen LogP contribution < -0.4 is 11.1 Å². The van der Waals surface area contributed by atoms with Crippen molar-refractivity contribution in [3.8, 4) is 0 Å². The third-order valence-corrected chi connectivity index (χ3v) is 2.67. The van der Waals surface area contributed by atoms with Crippen LogP contribution in [0.25, 0.3) is 0 Å². The van der Waals surface area contributed by atoms with Crippen LogP contribution in [-0.4, -0.2) is 11.7 Å². The Balaban J connectivity index is 2.62. The van der Waals surface area contributed by atoms with Gasteiger partial charge in [-0.2, -0.15) is 0 Å². The minimum Gasteiger partial charge on any atom is -0.399 e. The van der Waals surface area contributed by atoms with E-state index in [0.717, 1.165) is 0 Å². The summed E-state index contributed by atoms with van der Waals surface area (Å²) in [4.78, 5) is 23.6. The van der Waals surface area contributed by atoms with Gasteiger partial charge in [0.15, 0.2) is 5.78 Å². The Morgan fingerprint density at radius 2 is 1.93 bits per heavy atom. The number of carbonyl (C=O) groups excluding carboxylic acids is 2. The average molecular weight is 204 g/mol. The van der Waals surface area contributed by atoms with E-state index in [4.69, 9.17) is 5.73 Å². The fourth-order valence-corrected chi connectivity index (χ4v) is 1.58. The molecule has 3 N–H and O–H groups in total. The van der Waals surface area contributed by atoms with Crippen LogP contribution in [0.4, 0.5) is 11.4 Å². The third kappa shape index (κ3) is 1.29. The highest BCUT2D eigenvalue weighted by atomic mass is 16.2. The van der Waals surface area contributed by atoms with Gasteiger partial charge in [0.1, 0.15) is 5.41 Å². The summed E-state index contributed by atoms with van der Waals surface area (Å²) in [5.74, 6) is -0.460. The summed E-state index contributed by atoms with van der Waals surface area (Å²) in [7, 11) is 0. The van der Waals surface area contributed by atoms with Crippen LogP contribution in [0.5, 0.6) is 0 Å². The van der Waals surface area contributed by atoms with Gasteiger partial charge in [0.05, 0.1) is 5.69 Å². The second kappa shape index (κ2) is 2.82. The van der Waals surface area contributed by atoms with Crippen molar-refractivity contribution in [2.24, 2.45) is 5.41 Å². The van der Waals surface area contributed by atoms with Gasteiger partial charge in [-0.25, -0.2) is 0 Å². The van der Waals surface area contributed by atoms with Crippen LogP contribution in [-0.2, 0) is 4.79 Å². The number of nitrogens with two attached hydrogens (primary N) is 1. The van der Waals surface area contributed by atoms with Gasteiger partial charge in [0.2, 0.25) is 5.91 Å². The molecule has 0 unspecified atom stereocenters. The first-order valence-corrected chi connectivity index (χ1v) is 4.68. The molecule has 0 saturated carbocycles. The number of benzene rings is 1. The van der Waals surface area contributed by atoms with E-state index in [1.165, 1.54) is 0 Å². The summed E-state index contributed by atoms with van der Waals surface area (Å²) >= 11 is 0. The first-order valence-electron chi connectivity index (χ1n) is 4.68. The number of amides is 1. The predicted molar refractivity (Wildman–Crippen MR) is 57.6 cm³/mol. The van der Waals surface area contributed by atoms with Crippen molar-refractivity contribution in [2.75, 3.05) is 11.1 Å². The number of nitrogen functional groups attached to an aromatic ring is 1. The average Bonchev–Trinajstić information content (AvgIpc) is 2.17. The summed E-state index contributed by atoms with van der Waals surface area (Å²) in [6, 6.07) is 4.90. The van der Waals surface area contributed by atoms with E-state index in [0.29, 0.717) is 16.9 Å². The van der Waals surface area contributed by atoms with Crippen molar-refractivity contribution >= 4 is 23.1 Å². The standard InChI is InChI=1S/C11H12N2O2/c1-11(2)9(14)7-5-6(12)3-4-8(7)13-10(11)15/h3-5H,12H2,1-2H3,(H,13,15). The van der Waals surface area contributed by atoms with Crippen LogP contribution >= 0.6 is 0 Å². The first-order chi connectivity index (χ1) is 6.93. The maximum Gasteiger partial charge on any atom is 0.237 e. The Labute approximate surface area is 87.5 Å². The zero-order valence-electron chi connectivity index (χ0n) is 8.63. The van der Waals surface area contributed by atoms with E-state index in [9.17, 15) is 9.59 Å². The van der Waals surface area contributed by atoms with Crippen molar-refractivity contribution in [1.29, 1.82) is 0 Å². The zero-order chi connectivity index (χ0) is 11.2. The smallest absolute Gasteiger partial charge is 0.237 e. The highest BCUT2D eigenvalue weighted by Gasteiger charge is 2.41. The molecule has 4 nitrogen and oxygen atoms in total. The number of fused-ring (bicyclic) bond motifs is 1. The molecule has 2 rings (SSSR count). The predicted octanol–water partition coefficient (Wildman–Crippen LogP) is 1.43. The molecular formula is C11H12N2O2. The van der Waals surface area contributed by atoms with Crippen molar-refractivity contribution in [3.63, 3.8) is 0 Å². The van der Waals surface area contributed by atoms with E-state index in [2.05, 4.69) is 5.32 Å². The fourth-order valence-electron chi connectivity index (χ4n) is 1.58.